The van der Waals surface area contributed by atoms with Crippen molar-refractivity contribution in [1.29, 1.82) is 0 Å². The predicted octanol–water partition coefficient (Wildman–Crippen LogP) is 2.86. The molecule has 1 aliphatic rings. The van der Waals surface area contributed by atoms with Gasteiger partial charge in [-0.15, -0.1) is 6.58 Å². The first-order valence-corrected chi connectivity index (χ1v) is 8.93. The number of rotatable bonds is 6. The van der Waals surface area contributed by atoms with Crippen molar-refractivity contribution < 1.29 is 19.3 Å². The Balaban J connectivity index is 1.92. The minimum atomic E-state index is -1.01. The van der Waals surface area contributed by atoms with Gasteiger partial charge in [-0.1, -0.05) is 29.8 Å². The Morgan fingerprint density at radius 2 is 1.97 bits per heavy atom. The van der Waals surface area contributed by atoms with Gasteiger partial charge in [-0.25, -0.2) is 4.90 Å². The summed E-state index contributed by atoms with van der Waals surface area (Å²) in [7, 11) is 0. The van der Waals surface area contributed by atoms with Gasteiger partial charge >= 0.3 is 0 Å². The molecule has 1 fully saturated rings. The van der Waals surface area contributed by atoms with Gasteiger partial charge < -0.3 is 4.90 Å². The topological polar surface area (TPSA) is 101 Å². The molecule has 0 N–H and O–H groups in total. The third-order valence-electron chi connectivity index (χ3n) is 4.68. The summed E-state index contributed by atoms with van der Waals surface area (Å²) < 4.78 is 0. The summed E-state index contributed by atoms with van der Waals surface area (Å²) in [6, 6.07) is 11.2. The fraction of sp³-hybridized carbons (Fsp3) is 0.190. The minimum Gasteiger partial charge on any atom is -0.322 e. The lowest BCUT2D eigenvalue weighted by Gasteiger charge is -2.26. The monoisotopic (exact) mass is 393 g/mol. The van der Waals surface area contributed by atoms with Gasteiger partial charge in [0.1, 0.15) is 6.04 Å². The van der Waals surface area contributed by atoms with Crippen molar-refractivity contribution >= 4 is 29.1 Å². The van der Waals surface area contributed by atoms with E-state index in [-0.39, 0.29) is 24.2 Å². The van der Waals surface area contributed by atoms with Crippen molar-refractivity contribution in [2.45, 2.75) is 19.4 Å². The van der Waals surface area contributed by atoms with Gasteiger partial charge in [-0.2, -0.15) is 0 Å². The number of hydrogen-bond donors (Lipinski definition) is 0. The molecule has 0 saturated carbocycles. The Kier molecular flexibility index (Phi) is 5.54. The van der Waals surface area contributed by atoms with Crippen LogP contribution in [0.15, 0.2) is 61.2 Å². The van der Waals surface area contributed by atoms with E-state index in [0.29, 0.717) is 5.69 Å². The molecule has 1 heterocycles. The average Bonchev–Trinajstić information content (AvgIpc) is 3.00. The summed E-state index contributed by atoms with van der Waals surface area (Å²) in [4.78, 5) is 51.3. The van der Waals surface area contributed by atoms with E-state index in [9.17, 15) is 24.5 Å². The molecule has 0 bridgehead atoms. The van der Waals surface area contributed by atoms with Crippen molar-refractivity contribution in [3.63, 3.8) is 0 Å². The van der Waals surface area contributed by atoms with Crippen molar-refractivity contribution in [3.8, 4) is 0 Å². The van der Waals surface area contributed by atoms with Crippen LogP contribution in [0.4, 0.5) is 11.4 Å². The number of carbonyl (C=O) groups excluding carboxylic acids is 3. The maximum atomic E-state index is 13.0. The van der Waals surface area contributed by atoms with Crippen molar-refractivity contribution in [2.75, 3.05) is 11.4 Å². The summed E-state index contributed by atoms with van der Waals surface area (Å²) in [5.41, 5.74) is 1.26. The fourth-order valence-electron chi connectivity index (χ4n) is 3.23. The molecule has 0 aliphatic carbocycles. The van der Waals surface area contributed by atoms with Gasteiger partial charge in [-0.3, -0.25) is 24.5 Å². The number of hydrogen-bond acceptors (Lipinski definition) is 5. The van der Waals surface area contributed by atoms with Crippen molar-refractivity contribution in [3.05, 3.63) is 82.4 Å². The highest BCUT2D eigenvalue weighted by molar-refractivity contribution is 6.23. The maximum Gasteiger partial charge on any atom is 0.270 e. The second kappa shape index (κ2) is 8.05. The third kappa shape index (κ3) is 3.91. The number of nitro groups is 1. The van der Waals surface area contributed by atoms with E-state index < -0.39 is 28.7 Å². The normalized spacial score (nSPS) is 16.0. The maximum absolute atomic E-state index is 13.0. The molecule has 8 nitrogen and oxygen atoms in total. The van der Waals surface area contributed by atoms with Gasteiger partial charge in [0, 0.05) is 24.2 Å². The van der Waals surface area contributed by atoms with Gasteiger partial charge in [0.15, 0.2) is 0 Å². The lowest BCUT2D eigenvalue weighted by atomic mass is 10.1. The van der Waals surface area contributed by atoms with Gasteiger partial charge in [0.25, 0.3) is 17.5 Å². The Bertz CT molecular complexity index is 1000. The second-order valence-electron chi connectivity index (χ2n) is 6.68. The second-order valence-corrected chi connectivity index (χ2v) is 6.68. The quantitative estimate of drug-likeness (QED) is 0.325. The van der Waals surface area contributed by atoms with E-state index >= 15 is 0 Å². The molecule has 8 heteroatoms. The van der Waals surface area contributed by atoms with Crippen LogP contribution in [0, 0.1) is 17.0 Å². The summed E-state index contributed by atoms with van der Waals surface area (Å²) >= 11 is 0. The number of carbonyl (C=O) groups is 3. The molecular formula is C21H19N3O5. The third-order valence-corrected chi connectivity index (χ3v) is 4.68. The Morgan fingerprint density at radius 1 is 1.28 bits per heavy atom. The fourth-order valence-corrected chi connectivity index (χ4v) is 3.23. The van der Waals surface area contributed by atoms with Gasteiger partial charge in [0.05, 0.1) is 17.0 Å². The minimum absolute atomic E-state index is 0.0208. The van der Waals surface area contributed by atoms with Gasteiger partial charge in [-0.05, 0) is 25.1 Å². The first-order valence-electron chi connectivity index (χ1n) is 8.93. The van der Waals surface area contributed by atoms with Gasteiger partial charge in [0.2, 0.25) is 5.91 Å². The number of amides is 3. The van der Waals surface area contributed by atoms with Crippen LogP contribution < -0.4 is 4.90 Å². The highest BCUT2D eigenvalue weighted by Gasteiger charge is 2.44. The largest absolute Gasteiger partial charge is 0.322 e. The summed E-state index contributed by atoms with van der Waals surface area (Å²) in [6.07, 6.45) is 1.28. The molecule has 3 amide bonds. The van der Waals surface area contributed by atoms with Crippen LogP contribution in [0.25, 0.3) is 0 Å². The number of benzene rings is 2. The molecule has 2 aromatic carbocycles. The zero-order chi connectivity index (χ0) is 21.1. The van der Waals surface area contributed by atoms with E-state index in [1.165, 1.54) is 29.2 Å². The zero-order valence-electron chi connectivity index (χ0n) is 15.8. The predicted molar refractivity (Wildman–Crippen MR) is 106 cm³/mol. The molecular weight excluding hydrogens is 374 g/mol. The molecule has 2 aromatic rings. The number of aryl methyl sites for hydroxylation is 1. The van der Waals surface area contributed by atoms with Crippen molar-refractivity contribution in [2.24, 2.45) is 0 Å². The Morgan fingerprint density at radius 3 is 2.59 bits per heavy atom. The Labute approximate surface area is 167 Å². The first kappa shape index (κ1) is 19.9. The lowest BCUT2D eigenvalue weighted by Crippen LogP contribution is -2.45. The van der Waals surface area contributed by atoms with E-state index in [4.69, 9.17) is 0 Å². The SMILES string of the molecule is C=CCN(C(=O)c1cccc([N+](=O)[O-])c1)C1CC(=O)N(c2ccc(C)cc2)C1=O. The van der Waals surface area contributed by atoms with Crippen LogP contribution in [0.1, 0.15) is 22.3 Å². The van der Waals surface area contributed by atoms with Crippen LogP contribution in [0.2, 0.25) is 0 Å². The van der Waals surface area contributed by atoms with Crippen LogP contribution in [0.3, 0.4) is 0 Å². The number of nitrogens with zero attached hydrogens (tertiary/aromatic N) is 3. The number of non-ortho nitro benzene ring substituents is 1. The lowest BCUT2D eigenvalue weighted by molar-refractivity contribution is -0.384. The highest BCUT2D eigenvalue weighted by atomic mass is 16.6. The molecule has 1 atom stereocenters. The first-order chi connectivity index (χ1) is 13.8. The number of nitro benzene ring substituents is 1. The molecule has 0 aromatic heterocycles. The van der Waals surface area contributed by atoms with Crippen molar-refractivity contribution in [1.82, 2.24) is 4.90 Å². The van der Waals surface area contributed by atoms with E-state index in [1.807, 2.05) is 6.92 Å². The molecule has 3 rings (SSSR count). The molecule has 29 heavy (non-hydrogen) atoms. The Hall–Kier alpha value is -3.81. The standard InChI is InChI=1S/C21H19N3O5/c1-3-11-22(20(26)15-5-4-6-17(12-15)24(28)29)18-13-19(25)23(21(18)27)16-9-7-14(2)8-10-16/h3-10,12,18H,1,11,13H2,2H3. The molecule has 1 aliphatic heterocycles. The zero-order valence-corrected chi connectivity index (χ0v) is 15.8. The molecule has 0 radical (unpaired) electrons. The average molecular weight is 393 g/mol. The molecule has 148 valence electrons. The molecule has 1 unspecified atom stereocenters. The summed E-state index contributed by atoms with van der Waals surface area (Å²) in [6.45, 7) is 5.53. The van der Waals surface area contributed by atoms with Crippen LogP contribution in [0.5, 0.6) is 0 Å². The number of imide groups is 1. The molecule has 1 saturated heterocycles. The van der Waals surface area contributed by atoms with Crippen LogP contribution >= 0.6 is 0 Å². The molecule has 0 spiro atoms. The van der Waals surface area contributed by atoms with Crippen LogP contribution in [-0.2, 0) is 9.59 Å². The van der Waals surface area contributed by atoms with Crippen LogP contribution in [-0.4, -0.2) is 40.1 Å². The summed E-state index contributed by atoms with van der Waals surface area (Å²) in [5.74, 6) is -1.50. The van der Waals surface area contributed by atoms with E-state index in [2.05, 4.69) is 6.58 Å². The highest BCUT2D eigenvalue weighted by Crippen LogP contribution is 2.27. The summed E-state index contributed by atoms with van der Waals surface area (Å²) in [5, 5.41) is 11.0. The number of anilines is 1. The van der Waals surface area contributed by atoms with E-state index in [0.717, 1.165) is 16.5 Å². The van der Waals surface area contributed by atoms with E-state index in [1.54, 1.807) is 24.3 Å². The smallest absolute Gasteiger partial charge is 0.270 e.